The largest absolute Gasteiger partial charge is 0.466 e. The number of thioether (sulfide) groups is 1. The van der Waals surface area contributed by atoms with Crippen molar-refractivity contribution in [3.8, 4) is 0 Å². The van der Waals surface area contributed by atoms with E-state index in [0.717, 1.165) is 16.8 Å². The van der Waals surface area contributed by atoms with Gasteiger partial charge in [0.05, 0.1) is 16.8 Å². The fourth-order valence-electron chi connectivity index (χ4n) is 1.13. The molecule has 0 aromatic carbocycles. The molecule has 1 N–H and O–H groups in total. The molecule has 2 atom stereocenters. The predicted octanol–water partition coefficient (Wildman–Crippen LogP) is 3.44. The van der Waals surface area contributed by atoms with Crippen LogP contribution in [0.2, 0.25) is 0 Å². The van der Waals surface area contributed by atoms with Crippen molar-refractivity contribution < 1.29 is 4.42 Å². The molecule has 0 fully saturated rings. The van der Waals surface area contributed by atoms with Crippen LogP contribution in [0.5, 0.6) is 0 Å². The molecular weight excluding hydrogens is 262 g/mol. The summed E-state index contributed by atoms with van der Waals surface area (Å²) < 4.78 is 6.41. The first-order valence-corrected chi connectivity index (χ1v) is 6.72. The van der Waals surface area contributed by atoms with Crippen LogP contribution in [0.25, 0.3) is 0 Å². The number of hydrogen-bond acceptors (Lipinski definition) is 3. The third-order valence-electron chi connectivity index (χ3n) is 2.15. The smallest absolute Gasteiger partial charge is 0.134 e. The maximum Gasteiger partial charge on any atom is 0.134 e. The molecule has 0 aliphatic heterocycles. The molecular formula is C10H16BrNOS. The Morgan fingerprint density at radius 1 is 1.57 bits per heavy atom. The van der Waals surface area contributed by atoms with Crippen molar-refractivity contribution in [2.24, 2.45) is 0 Å². The minimum Gasteiger partial charge on any atom is -0.466 e. The number of rotatable bonds is 5. The molecule has 1 heterocycles. The summed E-state index contributed by atoms with van der Waals surface area (Å²) in [5.74, 6) is 0.971. The van der Waals surface area contributed by atoms with Crippen LogP contribution in [0.3, 0.4) is 0 Å². The second-order valence-electron chi connectivity index (χ2n) is 3.31. The zero-order valence-corrected chi connectivity index (χ0v) is 11.1. The highest BCUT2D eigenvalue weighted by atomic mass is 79.9. The van der Waals surface area contributed by atoms with Crippen LogP contribution in [-0.4, -0.2) is 18.1 Å². The predicted molar refractivity (Wildman–Crippen MR) is 65.8 cm³/mol. The molecule has 1 rings (SSSR count). The van der Waals surface area contributed by atoms with Gasteiger partial charge in [-0.3, -0.25) is 0 Å². The Balaban J connectivity index is 2.43. The highest BCUT2D eigenvalue weighted by Gasteiger charge is 2.12. The average molecular weight is 278 g/mol. The van der Waals surface area contributed by atoms with E-state index in [1.807, 2.05) is 17.8 Å². The van der Waals surface area contributed by atoms with Gasteiger partial charge in [0.25, 0.3) is 0 Å². The number of hydrogen-bond donors (Lipinski definition) is 1. The van der Waals surface area contributed by atoms with E-state index in [1.165, 1.54) is 0 Å². The monoisotopic (exact) mass is 277 g/mol. The normalized spacial score (nSPS) is 15.4. The van der Waals surface area contributed by atoms with Gasteiger partial charge in [-0.2, -0.15) is 11.8 Å². The lowest BCUT2D eigenvalue weighted by Crippen LogP contribution is -2.25. The molecule has 2 unspecified atom stereocenters. The fourth-order valence-corrected chi connectivity index (χ4v) is 1.94. The van der Waals surface area contributed by atoms with Crippen molar-refractivity contribution in [3.05, 3.63) is 22.6 Å². The lowest BCUT2D eigenvalue weighted by Gasteiger charge is -2.15. The SMILES string of the molecule is CSC(C)CNC(C)c1occc1Br. The Bertz CT molecular complexity index is 277. The zero-order chi connectivity index (χ0) is 10.6. The van der Waals surface area contributed by atoms with Crippen LogP contribution < -0.4 is 5.32 Å². The van der Waals surface area contributed by atoms with Gasteiger partial charge in [0.15, 0.2) is 0 Å². The van der Waals surface area contributed by atoms with Crippen molar-refractivity contribution >= 4 is 27.7 Å². The topological polar surface area (TPSA) is 25.2 Å². The van der Waals surface area contributed by atoms with E-state index in [1.54, 1.807) is 6.26 Å². The van der Waals surface area contributed by atoms with Crippen LogP contribution in [0, 0.1) is 0 Å². The van der Waals surface area contributed by atoms with Crippen LogP contribution in [-0.2, 0) is 0 Å². The molecule has 14 heavy (non-hydrogen) atoms. The van der Waals surface area contributed by atoms with Crippen molar-refractivity contribution in [2.45, 2.75) is 25.1 Å². The maximum absolute atomic E-state index is 5.38. The zero-order valence-electron chi connectivity index (χ0n) is 8.71. The summed E-state index contributed by atoms with van der Waals surface area (Å²) >= 11 is 5.32. The van der Waals surface area contributed by atoms with E-state index < -0.39 is 0 Å². The van der Waals surface area contributed by atoms with Gasteiger partial charge in [-0.05, 0) is 35.2 Å². The summed E-state index contributed by atoms with van der Waals surface area (Å²) in [7, 11) is 0. The molecule has 1 aromatic heterocycles. The third kappa shape index (κ3) is 3.33. The first kappa shape index (κ1) is 12.1. The molecule has 80 valence electrons. The summed E-state index contributed by atoms with van der Waals surface area (Å²) in [6.45, 7) is 5.31. The van der Waals surface area contributed by atoms with Gasteiger partial charge < -0.3 is 9.73 Å². The van der Waals surface area contributed by atoms with Gasteiger partial charge in [0.2, 0.25) is 0 Å². The molecule has 2 nitrogen and oxygen atoms in total. The molecule has 0 spiro atoms. The first-order valence-electron chi connectivity index (χ1n) is 4.64. The Morgan fingerprint density at radius 3 is 2.79 bits per heavy atom. The Hall–Kier alpha value is 0.0700. The standard InChI is InChI=1S/C10H16BrNOS/c1-7(14-3)6-12-8(2)10-9(11)4-5-13-10/h4-5,7-8,12H,6H2,1-3H3. The minimum atomic E-state index is 0.258. The van der Waals surface area contributed by atoms with E-state index in [-0.39, 0.29) is 6.04 Å². The van der Waals surface area contributed by atoms with Gasteiger partial charge >= 0.3 is 0 Å². The van der Waals surface area contributed by atoms with Crippen LogP contribution in [0.15, 0.2) is 21.2 Å². The minimum absolute atomic E-state index is 0.258. The number of furan rings is 1. The van der Waals surface area contributed by atoms with E-state index in [9.17, 15) is 0 Å². The molecule has 0 amide bonds. The molecule has 4 heteroatoms. The van der Waals surface area contributed by atoms with E-state index >= 15 is 0 Å². The number of nitrogens with one attached hydrogen (secondary N) is 1. The second kappa shape index (κ2) is 5.83. The fraction of sp³-hybridized carbons (Fsp3) is 0.600. The molecule has 0 saturated heterocycles. The average Bonchev–Trinajstić information content (AvgIpc) is 2.60. The molecule has 0 aliphatic rings. The summed E-state index contributed by atoms with van der Waals surface area (Å²) in [5.41, 5.74) is 0. The van der Waals surface area contributed by atoms with Crippen LogP contribution in [0.4, 0.5) is 0 Å². The summed E-state index contributed by atoms with van der Waals surface area (Å²) in [4.78, 5) is 0. The van der Waals surface area contributed by atoms with E-state index in [2.05, 4.69) is 41.3 Å². The van der Waals surface area contributed by atoms with Crippen molar-refractivity contribution in [1.29, 1.82) is 0 Å². The second-order valence-corrected chi connectivity index (χ2v) is 5.44. The highest BCUT2D eigenvalue weighted by molar-refractivity contribution is 9.10. The lowest BCUT2D eigenvalue weighted by molar-refractivity contribution is 0.430. The Morgan fingerprint density at radius 2 is 2.29 bits per heavy atom. The third-order valence-corrected chi connectivity index (χ3v) is 3.78. The summed E-state index contributed by atoms with van der Waals surface area (Å²) in [6, 6.07) is 2.18. The van der Waals surface area contributed by atoms with Crippen LogP contribution >= 0.6 is 27.7 Å². The van der Waals surface area contributed by atoms with Crippen molar-refractivity contribution in [1.82, 2.24) is 5.32 Å². The van der Waals surface area contributed by atoms with Crippen molar-refractivity contribution in [3.63, 3.8) is 0 Å². The Kier molecular flexibility index (Phi) is 5.06. The van der Waals surface area contributed by atoms with Crippen molar-refractivity contribution in [2.75, 3.05) is 12.8 Å². The first-order chi connectivity index (χ1) is 6.65. The lowest BCUT2D eigenvalue weighted by atomic mass is 10.2. The summed E-state index contributed by atoms with van der Waals surface area (Å²) in [5, 5.41) is 4.06. The van der Waals surface area contributed by atoms with Gasteiger partial charge in [-0.15, -0.1) is 0 Å². The summed E-state index contributed by atoms with van der Waals surface area (Å²) in [6.07, 6.45) is 3.83. The maximum atomic E-state index is 5.38. The van der Waals surface area contributed by atoms with Gasteiger partial charge in [-0.25, -0.2) is 0 Å². The molecule has 0 radical (unpaired) electrons. The quantitative estimate of drug-likeness (QED) is 0.893. The Labute approximate surface area is 98.0 Å². The van der Waals surface area contributed by atoms with Gasteiger partial charge in [0.1, 0.15) is 5.76 Å². The number of halogens is 1. The van der Waals surface area contributed by atoms with Gasteiger partial charge in [0, 0.05) is 11.8 Å². The highest BCUT2D eigenvalue weighted by Crippen LogP contribution is 2.24. The molecule has 1 aromatic rings. The molecule has 0 aliphatic carbocycles. The molecule has 0 saturated carbocycles. The molecule has 0 bridgehead atoms. The van der Waals surface area contributed by atoms with E-state index in [4.69, 9.17) is 4.42 Å². The van der Waals surface area contributed by atoms with E-state index in [0.29, 0.717) is 5.25 Å². The van der Waals surface area contributed by atoms with Crippen LogP contribution in [0.1, 0.15) is 25.6 Å². The van der Waals surface area contributed by atoms with Gasteiger partial charge in [-0.1, -0.05) is 6.92 Å².